The van der Waals surface area contributed by atoms with Gasteiger partial charge < -0.3 is 18.9 Å². The molecule has 2 aromatic carbocycles. The minimum absolute atomic E-state index is 0.245. The number of anilines is 1. The second-order valence-corrected chi connectivity index (χ2v) is 10.6. The Morgan fingerprint density at radius 3 is 1.73 bits per heavy atom. The van der Waals surface area contributed by atoms with Gasteiger partial charge in [-0.3, -0.25) is 10.7 Å². The molecule has 3 aromatic rings. The van der Waals surface area contributed by atoms with Crippen molar-refractivity contribution in [3.05, 3.63) is 59.7 Å². The number of esters is 2. The van der Waals surface area contributed by atoms with Gasteiger partial charge in [-0.05, 0) is 24.3 Å². The van der Waals surface area contributed by atoms with E-state index in [1.54, 1.807) is 0 Å². The summed E-state index contributed by atoms with van der Waals surface area (Å²) in [5, 5.41) is 2.39. The Labute approximate surface area is 234 Å². The Kier molecular flexibility index (Phi) is 9.71. The maximum atomic E-state index is 13.3. The van der Waals surface area contributed by atoms with E-state index in [1.165, 1.54) is 50.6 Å². The normalized spacial score (nSPS) is 11.8. The topological polar surface area (TPSA) is 226 Å². The minimum atomic E-state index is -4.74. The molecule has 19 heteroatoms. The van der Waals surface area contributed by atoms with Crippen LogP contribution in [0.3, 0.4) is 0 Å². The number of nitrogens with zero attached hydrogens (tertiary/aromatic N) is 4. The number of carbonyl (C=O) groups excluding carboxylic acids is 2. The third-order valence-electron chi connectivity index (χ3n) is 4.86. The lowest BCUT2D eigenvalue weighted by atomic mass is 10.2. The summed E-state index contributed by atoms with van der Waals surface area (Å²) in [6, 6.07) is 9.64. The van der Waals surface area contributed by atoms with Crippen LogP contribution in [0.25, 0.3) is 0 Å². The van der Waals surface area contributed by atoms with Crippen LogP contribution in [0.4, 0.5) is 5.95 Å². The van der Waals surface area contributed by atoms with Gasteiger partial charge in [-0.15, -0.1) is 14.2 Å². The molecule has 0 aliphatic heterocycles. The van der Waals surface area contributed by atoms with Crippen LogP contribution < -0.4 is 25.0 Å². The fraction of sp³-hybridized carbons (Fsp3) is 0.182. The highest BCUT2D eigenvalue weighted by molar-refractivity contribution is 7.90. The summed E-state index contributed by atoms with van der Waals surface area (Å²) in [7, 11) is -4.68. The smallest absolute Gasteiger partial charge is 0.339 e. The number of rotatable bonds is 10. The van der Waals surface area contributed by atoms with Gasteiger partial charge in [0.15, 0.2) is 0 Å². The molecule has 0 amide bonds. The molecule has 0 bridgehead atoms. The fourth-order valence-electron chi connectivity index (χ4n) is 3.05. The van der Waals surface area contributed by atoms with Crippen LogP contribution in [-0.2, 0) is 29.5 Å². The average Bonchev–Trinajstić information content (AvgIpc) is 2.98. The molecule has 0 atom stereocenters. The molecule has 1 aromatic heterocycles. The summed E-state index contributed by atoms with van der Waals surface area (Å²) in [6.07, 6.45) is 0. The number of sulfonamides is 2. The molecule has 0 spiro atoms. The van der Waals surface area contributed by atoms with E-state index < -0.39 is 47.7 Å². The van der Waals surface area contributed by atoms with E-state index in [0.29, 0.717) is 0 Å². The van der Waals surface area contributed by atoms with Crippen molar-refractivity contribution < 1.29 is 45.4 Å². The zero-order chi connectivity index (χ0) is 30.2. The van der Waals surface area contributed by atoms with Crippen LogP contribution in [0.15, 0.2) is 62.7 Å². The summed E-state index contributed by atoms with van der Waals surface area (Å²) < 4.78 is 75.5. The van der Waals surface area contributed by atoms with Crippen molar-refractivity contribution >= 4 is 43.9 Å². The second-order valence-electron chi connectivity index (χ2n) is 7.38. The van der Waals surface area contributed by atoms with Crippen molar-refractivity contribution in [3.63, 3.8) is 0 Å². The lowest BCUT2D eigenvalue weighted by molar-refractivity contribution is 0.0587. The molecular weight excluding hydrogens is 586 g/mol. The van der Waals surface area contributed by atoms with Gasteiger partial charge in [0.25, 0.3) is 20.0 Å². The summed E-state index contributed by atoms with van der Waals surface area (Å²) in [6.45, 7) is 0. The SMILES string of the molecule is COC(=O)c1ccccc1S(=O)(=O)N=C(NNS(=O)(=O)c1ccccc1C(=O)OC)Nc1nc(OC)nc(OC)n1. The molecule has 3 rings (SSSR count). The van der Waals surface area contributed by atoms with E-state index in [9.17, 15) is 26.4 Å². The number of hydrogen-bond donors (Lipinski definition) is 3. The zero-order valence-corrected chi connectivity index (χ0v) is 23.4. The number of hydrazine groups is 1. The van der Waals surface area contributed by atoms with Crippen LogP contribution >= 0.6 is 0 Å². The summed E-state index contributed by atoms with van der Waals surface area (Å²) in [4.78, 5) is 36.7. The number of carbonyl (C=O) groups is 2. The highest BCUT2D eigenvalue weighted by Gasteiger charge is 2.26. The highest BCUT2D eigenvalue weighted by Crippen LogP contribution is 2.20. The van der Waals surface area contributed by atoms with Gasteiger partial charge in [-0.25, -0.2) is 18.0 Å². The van der Waals surface area contributed by atoms with Crippen LogP contribution in [0, 0.1) is 0 Å². The van der Waals surface area contributed by atoms with E-state index in [-0.39, 0.29) is 29.1 Å². The van der Waals surface area contributed by atoms with Crippen LogP contribution in [0.5, 0.6) is 12.0 Å². The van der Waals surface area contributed by atoms with Crippen molar-refractivity contribution in [2.45, 2.75) is 9.79 Å². The molecule has 1 heterocycles. The lowest BCUT2D eigenvalue weighted by Crippen LogP contribution is -2.45. The number of hydrogen-bond acceptors (Lipinski definition) is 13. The van der Waals surface area contributed by atoms with Gasteiger partial charge in [-0.2, -0.15) is 18.4 Å². The third-order valence-corrected chi connectivity index (χ3v) is 7.50. The first-order valence-electron chi connectivity index (χ1n) is 11.0. The zero-order valence-electron chi connectivity index (χ0n) is 21.8. The average molecular weight is 610 g/mol. The van der Waals surface area contributed by atoms with Gasteiger partial charge in [0.05, 0.1) is 44.5 Å². The van der Waals surface area contributed by atoms with E-state index >= 15 is 0 Å². The predicted molar refractivity (Wildman–Crippen MR) is 140 cm³/mol. The largest absolute Gasteiger partial charge is 0.467 e. The molecule has 0 unspecified atom stereocenters. The summed E-state index contributed by atoms with van der Waals surface area (Å²) in [5.74, 6) is -3.08. The van der Waals surface area contributed by atoms with E-state index in [2.05, 4.69) is 39.6 Å². The van der Waals surface area contributed by atoms with E-state index in [1.807, 2.05) is 4.83 Å². The van der Waals surface area contributed by atoms with Crippen LogP contribution in [-0.4, -0.2) is 78.1 Å². The van der Waals surface area contributed by atoms with Gasteiger partial charge >= 0.3 is 24.0 Å². The number of guanidine groups is 1. The maximum Gasteiger partial charge on any atom is 0.339 e. The molecule has 17 nitrogen and oxygen atoms in total. The Bertz CT molecular complexity index is 1670. The van der Waals surface area contributed by atoms with Crippen molar-refractivity contribution in [3.8, 4) is 12.0 Å². The molecule has 0 saturated heterocycles. The summed E-state index contributed by atoms with van der Waals surface area (Å²) >= 11 is 0. The highest BCUT2D eigenvalue weighted by atomic mass is 32.2. The van der Waals surface area contributed by atoms with Crippen molar-refractivity contribution in [1.82, 2.24) is 25.2 Å². The van der Waals surface area contributed by atoms with Gasteiger partial charge in [0.2, 0.25) is 11.9 Å². The molecule has 0 radical (unpaired) electrons. The first-order valence-corrected chi connectivity index (χ1v) is 14.0. The van der Waals surface area contributed by atoms with Gasteiger partial charge in [-0.1, -0.05) is 24.3 Å². The van der Waals surface area contributed by atoms with Crippen molar-refractivity contribution in [2.24, 2.45) is 4.40 Å². The fourth-order valence-corrected chi connectivity index (χ4v) is 5.20. The molecule has 0 aliphatic carbocycles. The quantitative estimate of drug-likeness (QED) is 0.120. The summed E-state index contributed by atoms with van der Waals surface area (Å²) in [5.41, 5.74) is 1.48. The number of ether oxygens (including phenoxy) is 4. The number of methoxy groups -OCH3 is 4. The first-order chi connectivity index (χ1) is 19.4. The molecule has 0 aliphatic rings. The van der Waals surface area contributed by atoms with Crippen molar-refractivity contribution in [2.75, 3.05) is 33.8 Å². The van der Waals surface area contributed by atoms with E-state index in [4.69, 9.17) is 9.47 Å². The van der Waals surface area contributed by atoms with Gasteiger partial charge in [0.1, 0.15) is 4.90 Å². The first kappa shape index (κ1) is 30.7. The number of aromatic nitrogens is 3. The van der Waals surface area contributed by atoms with E-state index in [0.717, 1.165) is 26.4 Å². The second kappa shape index (κ2) is 13.0. The Hall–Kier alpha value is -4.88. The molecule has 0 fully saturated rings. The van der Waals surface area contributed by atoms with Gasteiger partial charge in [0, 0.05) is 0 Å². The number of nitrogens with one attached hydrogen (secondary N) is 3. The monoisotopic (exact) mass is 609 g/mol. The van der Waals surface area contributed by atoms with Crippen LogP contribution in [0.2, 0.25) is 0 Å². The van der Waals surface area contributed by atoms with Crippen molar-refractivity contribution in [1.29, 1.82) is 0 Å². The number of benzene rings is 2. The van der Waals surface area contributed by atoms with Crippen LogP contribution in [0.1, 0.15) is 20.7 Å². The lowest BCUT2D eigenvalue weighted by Gasteiger charge is -2.15. The molecule has 0 saturated carbocycles. The molecule has 41 heavy (non-hydrogen) atoms. The standard InChI is InChI=1S/C22H23N7O10S2/c1-36-17(30)13-9-5-7-11-15(13)40(32,33)28-20(23-19-24-21(38-3)26-22(25-19)39-4)27-29-41(34,35)16-12-8-6-10-14(16)18(31)37-2/h5-12,29H,1-4H3,(H2,23,24,25,26,27,28). The minimum Gasteiger partial charge on any atom is -0.467 e. The Balaban J connectivity index is 2.09. The Morgan fingerprint density at radius 1 is 0.732 bits per heavy atom. The maximum absolute atomic E-state index is 13.3. The Morgan fingerprint density at radius 2 is 1.22 bits per heavy atom. The predicted octanol–water partition coefficient (Wildman–Crippen LogP) is 0.102. The third kappa shape index (κ3) is 7.41. The molecular formula is C22H23N7O10S2. The molecule has 3 N–H and O–H groups in total. The molecule has 218 valence electrons.